The monoisotopic (exact) mass is 389 g/mol. The number of allylic oxidation sites excluding steroid dienone is 1. The summed E-state index contributed by atoms with van der Waals surface area (Å²) in [7, 11) is 0. The van der Waals surface area contributed by atoms with Gasteiger partial charge in [0.1, 0.15) is 5.75 Å². The van der Waals surface area contributed by atoms with Crippen molar-refractivity contribution in [1.29, 1.82) is 0 Å². The Morgan fingerprint density at radius 3 is 2.61 bits per heavy atom. The summed E-state index contributed by atoms with van der Waals surface area (Å²) >= 11 is 1.26. The van der Waals surface area contributed by atoms with Crippen LogP contribution in [-0.2, 0) is 4.79 Å². The molecule has 0 fully saturated rings. The van der Waals surface area contributed by atoms with Crippen LogP contribution in [0.4, 0.5) is 0 Å². The number of thiazole rings is 1. The maximum Gasteiger partial charge on any atom is 0.308 e. The number of esters is 1. The zero-order valence-electron chi connectivity index (χ0n) is 14.9. The number of aromatic nitrogens is 3. The molecule has 0 radical (unpaired) electrons. The summed E-state index contributed by atoms with van der Waals surface area (Å²) in [5.74, 6) is 0.268. The lowest BCUT2D eigenvalue weighted by molar-refractivity contribution is -0.131. The lowest BCUT2D eigenvalue weighted by Gasteiger charge is -2.04. The Balaban J connectivity index is 1.70. The van der Waals surface area contributed by atoms with Crippen molar-refractivity contribution >= 4 is 34.4 Å². The molecule has 138 valence electrons. The van der Waals surface area contributed by atoms with Gasteiger partial charge in [-0.1, -0.05) is 66.0 Å². The highest BCUT2D eigenvalue weighted by atomic mass is 32.1. The van der Waals surface area contributed by atoms with Crippen LogP contribution >= 0.6 is 11.3 Å². The van der Waals surface area contributed by atoms with E-state index in [0.29, 0.717) is 26.6 Å². The minimum Gasteiger partial charge on any atom is -0.426 e. The van der Waals surface area contributed by atoms with Gasteiger partial charge < -0.3 is 4.74 Å². The Hall–Kier alpha value is -3.58. The standard InChI is InChI=1S/C21H15N3O3S/c1-14(25)27-17-12-6-5-11-16(17)19-22-21-24(23-19)20(26)18(28-21)13-7-10-15-8-3-2-4-9-15/h2-13H,1H3. The van der Waals surface area contributed by atoms with Crippen molar-refractivity contribution in [3.63, 3.8) is 0 Å². The molecule has 7 heteroatoms. The molecule has 2 aromatic heterocycles. The van der Waals surface area contributed by atoms with Crippen LogP contribution in [0.2, 0.25) is 0 Å². The van der Waals surface area contributed by atoms with Crippen molar-refractivity contribution in [3.05, 3.63) is 81.1 Å². The van der Waals surface area contributed by atoms with Gasteiger partial charge in [-0.05, 0) is 23.8 Å². The highest BCUT2D eigenvalue weighted by molar-refractivity contribution is 7.15. The Morgan fingerprint density at radius 1 is 1.11 bits per heavy atom. The van der Waals surface area contributed by atoms with Crippen LogP contribution in [0, 0.1) is 0 Å². The summed E-state index contributed by atoms with van der Waals surface area (Å²) in [5, 5.41) is 4.31. The molecule has 0 amide bonds. The van der Waals surface area contributed by atoms with Crippen molar-refractivity contribution in [3.8, 4) is 17.1 Å². The summed E-state index contributed by atoms with van der Waals surface area (Å²) in [6.45, 7) is 1.33. The molecule has 0 aliphatic heterocycles. The van der Waals surface area contributed by atoms with Crippen molar-refractivity contribution in [1.82, 2.24) is 14.6 Å². The van der Waals surface area contributed by atoms with E-state index >= 15 is 0 Å². The van der Waals surface area contributed by atoms with Gasteiger partial charge in [0.25, 0.3) is 5.56 Å². The van der Waals surface area contributed by atoms with E-state index in [2.05, 4.69) is 10.1 Å². The fraction of sp³-hybridized carbons (Fsp3) is 0.0476. The lowest BCUT2D eigenvalue weighted by Crippen LogP contribution is -2.23. The number of hydrogen-bond donors (Lipinski definition) is 0. The van der Waals surface area contributed by atoms with Crippen molar-refractivity contribution < 1.29 is 9.53 Å². The molecule has 6 nitrogen and oxygen atoms in total. The van der Waals surface area contributed by atoms with Gasteiger partial charge in [-0.15, -0.1) is 5.10 Å². The van der Waals surface area contributed by atoms with E-state index in [9.17, 15) is 9.59 Å². The van der Waals surface area contributed by atoms with Crippen LogP contribution in [-0.4, -0.2) is 20.6 Å². The second-order valence-electron chi connectivity index (χ2n) is 5.93. The summed E-state index contributed by atoms with van der Waals surface area (Å²) in [4.78, 5) is 28.8. The van der Waals surface area contributed by atoms with Crippen LogP contribution in [0.1, 0.15) is 12.5 Å². The van der Waals surface area contributed by atoms with Gasteiger partial charge in [-0.2, -0.15) is 9.50 Å². The Morgan fingerprint density at radius 2 is 1.86 bits per heavy atom. The molecular formula is C21H15N3O3S. The average Bonchev–Trinajstić information content (AvgIpc) is 3.22. The first-order valence-electron chi connectivity index (χ1n) is 8.52. The number of para-hydroxylation sites is 1. The van der Waals surface area contributed by atoms with Crippen molar-refractivity contribution in [2.75, 3.05) is 0 Å². The van der Waals surface area contributed by atoms with E-state index in [1.807, 2.05) is 42.5 Å². The van der Waals surface area contributed by atoms with Crippen molar-refractivity contribution in [2.45, 2.75) is 6.92 Å². The van der Waals surface area contributed by atoms with Gasteiger partial charge in [0, 0.05) is 6.92 Å². The Bertz CT molecular complexity index is 1290. The zero-order valence-corrected chi connectivity index (χ0v) is 15.7. The molecule has 0 spiro atoms. The van der Waals surface area contributed by atoms with E-state index in [0.717, 1.165) is 5.56 Å². The topological polar surface area (TPSA) is 73.6 Å². The Labute approximate surface area is 164 Å². The Kier molecular flexibility index (Phi) is 4.82. The SMILES string of the molecule is CC(=O)Oc1ccccc1-c1nc2sc(=CC=Cc3ccccc3)c(=O)n2n1. The molecule has 0 saturated carbocycles. The van der Waals surface area contributed by atoms with Gasteiger partial charge in [0.2, 0.25) is 4.96 Å². The molecule has 2 heterocycles. The normalized spacial score (nSPS) is 12.1. The third kappa shape index (κ3) is 3.60. The number of rotatable bonds is 4. The number of fused-ring (bicyclic) bond motifs is 1. The molecule has 0 unspecified atom stereocenters. The van der Waals surface area contributed by atoms with E-state index in [1.165, 1.54) is 22.8 Å². The fourth-order valence-corrected chi connectivity index (χ4v) is 3.53. The third-order valence-corrected chi connectivity index (χ3v) is 4.88. The zero-order chi connectivity index (χ0) is 19.5. The fourth-order valence-electron chi connectivity index (χ4n) is 2.67. The van der Waals surface area contributed by atoms with Gasteiger partial charge in [0.05, 0.1) is 10.1 Å². The predicted molar refractivity (Wildman–Crippen MR) is 109 cm³/mol. The number of carbonyl (C=O) groups is 1. The van der Waals surface area contributed by atoms with Crippen LogP contribution in [0.3, 0.4) is 0 Å². The quantitative estimate of drug-likeness (QED) is 0.396. The number of hydrogen-bond acceptors (Lipinski definition) is 6. The molecular weight excluding hydrogens is 374 g/mol. The molecule has 4 rings (SSSR count). The first-order chi connectivity index (χ1) is 13.6. The maximum absolute atomic E-state index is 12.6. The minimum atomic E-state index is -0.430. The molecule has 0 aliphatic carbocycles. The molecule has 0 saturated heterocycles. The highest BCUT2D eigenvalue weighted by Crippen LogP contribution is 2.27. The van der Waals surface area contributed by atoms with Crippen LogP contribution in [0.15, 0.2) is 65.5 Å². The first kappa shape index (κ1) is 17.8. The van der Waals surface area contributed by atoms with Gasteiger partial charge in [-0.25, -0.2) is 0 Å². The highest BCUT2D eigenvalue weighted by Gasteiger charge is 2.15. The molecule has 0 bridgehead atoms. The molecule has 0 aliphatic rings. The smallest absolute Gasteiger partial charge is 0.308 e. The molecule has 28 heavy (non-hydrogen) atoms. The second-order valence-corrected chi connectivity index (χ2v) is 6.94. The first-order valence-corrected chi connectivity index (χ1v) is 9.34. The number of carbonyl (C=O) groups excluding carboxylic acids is 1. The number of ether oxygens (including phenoxy) is 1. The maximum atomic E-state index is 12.6. The summed E-state index contributed by atoms with van der Waals surface area (Å²) in [5.41, 5.74) is 1.37. The largest absolute Gasteiger partial charge is 0.426 e. The van der Waals surface area contributed by atoms with Crippen molar-refractivity contribution in [2.24, 2.45) is 0 Å². The van der Waals surface area contributed by atoms with E-state index in [1.54, 1.807) is 30.3 Å². The van der Waals surface area contributed by atoms with Crippen LogP contribution in [0.25, 0.3) is 28.5 Å². The number of nitrogens with zero attached hydrogens (tertiary/aromatic N) is 3. The van der Waals surface area contributed by atoms with Gasteiger partial charge >= 0.3 is 5.97 Å². The molecule has 0 atom stereocenters. The molecule has 2 aromatic carbocycles. The van der Waals surface area contributed by atoms with E-state index in [-0.39, 0.29) is 5.56 Å². The van der Waals surface area contributed by atoms with Crippen LogP contribution in [0.5, 0.6) is 5.75 Å². The average molecular weight is 389 g/mol. The van der Waals surface area contributed by atoms with Crippen LogP contribution < -0.4 is 14.8 Å². The summed E-state index contributed by atoms with van der Waals surface area (Å²) in [6, 6.07) is 16.8. The van der Waals surface area contributed by atoms with E-state index < -0.39 is 5.97 Å². The predicted octanol–water partition coefficient (Wildman–Crippen LogP) is 2.96. The lowest BCUT2D eigenvalue weighted by atomic mass is 10.2. The number of benzene rings is 2. The van der Waals surface area contributed by atoms with Gasteiger partial charge in [0.15, 0.2) is 5.82 Å². The summed E-state index contributed by atoms with van der Waals surface area (Å²) < 4.78 is 7.02. The van der Waals surface area contributed by atoms with E-state index in [4.69, 9.17) is 4.74 Å². The summed E-state index contributed by atoms with van der Waals surface area (Å²) in [6.07, 6.45) is 5.51. The van der Waals surface area contributed by atoms with Gasteiger partial charge in [-0.3, -0.25) is 9.59 Å². The minimum absolute atomic E-state index is 0.235. The molecule has 4 aromatic rings. The second kappa shape index (κ2) is 7.58. The third-order valence-electron chi connectivity index (χ3n) is 3.90. The molecule has 0 N–H and O–H groups in total.